The van der Waals surface area contributed by atoms with Gasteiger partial charge in [0.1, 0.15) is 0 Å². The number of anilines is 1. The van der Waals surface area contributed by atoms with Crippen molar-refractivity contribution in [3.05, 3.63) is 62.1 Å². The highest BCUT2D eigenvalue weighted by Crippen LogP contribution is 2.30. The smallest absolute Gasteiger partial charge is 0.263 e. The van der Waals surface area contributed by atoms with Crippen LogP contribution in [0.5, 0.6) is 5.75 Å². The van der Waals surface area contributed by atoms with Gasteiger partial charge in [0, 0.05) is 29.1 Å². The van der Waals surface area contributed by atoms with E-state index in [2.05, 4.69) is 31.8 Å². The highest BCUT2D eigenvalue weighted by Gasteiger charge is 2.11. The minimum Gasteiger partial charge on any atom is -0.867 e. The minimum absolute atomic E-state index is 0.0507. The average Bonchev–Trinajstić information content (AvgIpc) is 2.64. The second kappa shape index (κ2) is 9.60. The normalized spacial score (nSPS) is 10.6. The first-order chi connectivity index (χ1) is 13.3. The van der Waals surface area contributed by atoms with Gasteiger partial charge in [0.05, 0.1) is 11.1 Å². The Hall–Kier alpha value is -3.27. The van der Waals surface area contributed by atoms with Gasteiger partial charge >= 0.3 is 0 Å². The third-order valence-corrected chi connectivity index (χ3v) is 4.11. The number of nitro benzene ring substituents is 1. The Balaban J connectivity index is 1.88. The molecule has 0 atom stereocenters. The van der Waals surface area contributed by atoms with Gasteiger partial charge in [0.15, 0.2) is 0 Å². The summed E-state index contributed by atoms with van der Waals surface area (Å²) in [5.74, 6) is -1.67. The number of rotatable bonds is 7. The Bertz CT molecular complexity index is 946. The number of nitrogens with zero attached hydrogens (tertiary/aromatic N) is 2. The van der Waals surface area contributed by atoms with E-state index in [1.54, 1.807) is 12.1 Å². The molecule has 2 rings (SSSR count). The zero-order valence-corrected chi connectivity index (χ0v) is 16.4. The molecule has 28 heavy (non-hydrogen) atoms. The summed E-state index contributed by atoms with van der Waals surface area (Å²) in [5.41, 5.74) is 3.10. The molecule has 2 N–H and O–H groups in total. The monoisotopic (exact) mass is 447 g/mol. The summed E-state index contributed by atoms with van der Waals surface area (Å²) in [6.07, 6.45) is 0.855. The highest BCUT2D eigenvalue weighted by molar-refractivity contribution is 9.10. The molecule has 0 heterocycles. The molecule has 2 aromatic rings. The molecule has 2 amide bonds. The maximum Gasteiger partial charge on any atom is 0.263 e. The fourth-order valence-electron chi connectivity index (χ4n) is 2.21. The molecule has 10 heteroatoms. The number of carbonyl (C=O) groups excluding carboxylic acids is 2. The lowest BCUT2D eigenvalue weighted by Crippen LogP contribution is -2.21. The molecule has 0 aliphatic heterocycles. The number of hydrogen-bond acceptors (Lipinski definition) is 6. The van der Waals surface area contributed by atoms with Crippen molar-refractivity contribution in [2.45, 2.75) is 19.8 Å². The van der Waals surface area contributed by atoms with Gasteiger partial charge in [-0.15, -0.1) is 0 Å². The van der Waals surface area contributed by atoms with Crippen LogP contribution < -0.4 is 15.8 Å². The first-order valence-electron chi connectivity index (χ1n) is 8.10. The molecule has 0 spiro atoms. The van der Waals surface area contributed by atoms with Crippen molar-refractivity contribution >= 4 is 45.3 Å². The SMILES string of the molecule is Cc1ccccc1NC(=O)CCC(=O)N/N=C\c1cc(Br)cc([N+](=O)[O-])c1[O-]. The summed E-state index contributed by atoms with van der Waals surface area (Å²) >= 11 is 3.07. The highest BCUT2D eigenvalue weighted by atomic mass is 79.9. The van der Waals surface area contributed by atoms with Crippen molar-refractivity contribution < 1.29 is 19.6 Å². The number of amides is 2. The number of para-hydroxylation sites is 1. The minimum atomic E-state index is -0.816. The van der Waals surface area contributed by atoms with E-state index in [1.165, 1.54) is 6.07 Å². The number of carbonyl (C=O) groups is 2. The number of aryl methyl sites for hydroxylation is 1. The van der Waals surface area contributed by atoms with Crippen LogP contribution in [0.2, 0.25) is 0 Å². The first kappa shape index (κ1) is 21.0. The lowest BCUT2D eigenvalue weighted by Gasteiger charge is -2.10. The molecule has 0 saturated heterocycles. The number of hydrazone groups is 1. The van der Waals surface area contributed by atoms with Gasteiger partial charge < -0.3 is 10.4 Å². The second-order valence-electron chi connectivity index (χ2n) is 5.76. The third-order valence-electron chi connectivity index (χ3n) is 3.65. The Morgan fingerprint density at radius 2 is 1.89 bits per heavy atom. The summed E-state index contributed by atoms with van der Waals surface area (Å²) < 4.78 is 0.333. The van der Waals surface area contributed by atoms with Crippen LogP contribution >= 0.6 is 15.9 Å². The Morgan fingerprint density at radius 3 is 2.57 bits per heavy atom. The predicted molar refractivity (Wildman–Crippen MR) is 105 cm³/mol. The van der Waals surface area contributed by atoms with Crippen LogP contribution in [0.3, 0.4) is 0 Å². The molecular formula is C18H16BrN4O5-. The zero-order chi connectivity index (χ0) is 20.7. The van der Waals surface area contributed by atoms with Gasteiger partial charge in [-0.1, -0.05) is 34.1 Å². The van der Waals surface area contributed by atoms with Crippen molar-refractivity contribution in [1.82, 2.24) is 5.43 Å². The molecule has 0 bridgehead atoms. The maximum atomic E-state index is 11.9. The molecule has 0 aliphatic rings. The Morgan fingerprint density at radius 1 is 1.21 bits per heavy atom. The van der Waals surface area contributed by atoms with Crippen LogP contribution in [0, 0.1) is 17.0 Å². The van der Waals surface area contributed by atoms with E-state index in [0.29, 0.717) is 10.2 Å². The lowest BCUT2D eigenvalue weighted by molar-refractivity contribution is -0.398. The summed E-state index contributed by atoms with van der Waals surface area (Å²) in [6, 6.07) is 9.69. The molecular weight excluding hydrogens is 432 g/mol. The van der Waals surface area contributed by atoms with Crippen LogP contribution in [-0.4, -0.2) is 23.0 Å². The van der Waals surface area contributed by atoms with Crippen LogP contribution in [0.15, 0.2) is 46.0 Å². The second-order valence-corrected chi connectivity index (χ2v) is 6.67. The fourth-order valence-corrected chi connectivity index (χ4v) is 2.68. The number of nitrogens with one attached hydrogen (secondary N) is 2. The first-order valence-corrected chi connectivity index (χ1v) is 8.89. The van der Waals surface area contributed by atoms with Gasteiger partial charge in [-0.05, 0) is 35.9 Å². The van der Waals surface area contributed by atoms with E-state index in [-0.39, 0.29) is 24.3 Å². The molecule has 9 nitrogen and oxygen atoms in total. The van der Waals surface area contributed by atoms with Gasteiger partial charge in [-0.2, -0.15) is 5.10 Å². The Kier molecular flexibility index (Phi) is 7.21. The Labute approximate surface area is 168 Å². The van der Waals surface area contributed by atoms with Crippen molar-refractivity contribution in [3.8, 4) is 5.75 Å². The van der Waals surface area contributed by atoms with E-state index in [0.717, 1.165) is 17.8 Å². The quantitative estimate of drug-likeness (QED) is 0.381. The van der Waals surface area contributed by atoms with Crippen molar-refractivity contribution in [3.63, 3.8) is 0 Å². The fraction of sp³-hybridized carbons (Fsp3) is 0.167. The largest absolute Gasteiger partial charge is 0.867 e. The van der Waals surface area contributed by atoms with Gasteiger partial charge in [0.25, 0.3) is 5.69 Å². The van der Waals surface area contributed by atoms with Crippen molar-refractivity contribution in [2.24, 2.45) is 5.10 Å². The van der Waals surface area contributed by atoms with Gasteiger partial charge in [0.2, 0.25) is 11.8 Å². The number of benzene rings is 2. The van der Waals surface area contributed by atoms with Crippen LogP contribution in [-0.2, 0) is 9.59 Å². The van der Waals surface area contributed by atoms with Crippen LogP contribution in [0.4, 0.5) is 11.4 Å². The van der Waals surface area contributed by atoms with Crippen LogP contribution in [0.1, 0.15) is 24.0 Å². The number of halogens is 1. The topological polar surface area (TPSA) is 137 Å². The zero-order valence-electron chi connectivity index (χ0n) is 14.8. The molecule has 2 aromatic carbocycles. The summed E-state index contributed by atoms with van der Waals surface area (Å²) in [5, 5.41) is 29.1. The summed E-state index contributed by atoms with van der Waals surface area (Å²) in [4.78, 5) is 33.7. The molecule has 0 aromatic heterocycles. The molecule has 0 fully saturated rings. The molecule has 0 saturated carbocycles. The van der Waals surface area contributed by atoms with Gasteiger partial charge in [-0.3, -0.25) is 19.7 Å². The average molecular weight is 448 g/mol. The number of hydrogen-bond donors (Lipinski definition) is 2. The van der Waals surface area contributed by atoms with E-state index in [1.807, 2.05) is 19.1 Å². The standard InChI is InChI=1S/C18H17BrN4O5/c1-11-4-2-3-5-14(11)21-16(24)6-7-17(25)22-20-10-12-8-13(19)9-15(18(12)26)23(27)28/h2-5,8-10,26H,6-7H2,1H3,(H,21,24)(H,22,25)/p-1/b20-10-. The molecule has 0 unspecified atom stereocenters. The van der Waals surface area contributed by atoms with E-state index >= 15 is 0 Å². The summed E-state index contributed by atoms with van der Waals surface area (Å²) in [6.45, 7) is 1.85. The molecule has 146 valence electrons. The third kappa shape index (κ3) is 5.88. The molecule has 0 aliphatic carbocycles. The molecule has 0 radical (unpaired) electrons. The van der Waals surface area contributed by atoms with E-state index in [4.69, 9.17) is 0 Å². The summed E-state index contributed by atoms with van der Waals surface area (Å²) in [7, 11) is 0. The van der Waals surface area contributed by atoms with Crippen molar-refractivity contribution in [1.29, 1.82) is 0 Å². The van der Waals surface area contributed by atoms with Crippen LogP contribution in [0.25, 0.3) is 0 Å². The van der Waals surface area contributed by atoms with Gasteiger partial charge in [-0.25, -0.2) is 5.43 Å². The predicted octanol–water partition coefficient (Wildman–Crippen LogP) is 2.61. The van der Waals surface area contributed by atoms with E-state index < -0.39 is 22.3 Å². The lowest BCUT2D eigenvalue weighted by atomic mass is 10.2. The maximum absolute atomic E-state index is 11.9. The number of nitro groups is 1. The van der Waals surface area contributed by atoms with Crippen molar-refractivity contribution in [2.75, 3.05) is 5.32 Å². The van der Waals surface area contributed by atoms with E-state index in [9.17, 15) is 24.8 Å².